The summed E-state index contributed by atoms with van der Waals surface area (Å²) in [5.41, 5.74) is 1.23. The molecule has 0 saturated heterocycles. The molecule has 0 aliphatic carbocycles. The molecule has 0 saturated carbocycles. The number of hydrogen-bond donors (Lipinski definition) is 0. The van der Waals surface area contributed by atoms with E-state index < -0.39 is 0 Å². The van der Waals surface area contributed by atoms with Crippen LogP contribution >= 0.6 is 23.2 Å². The van der Waals surface area contributed by atoms with Crippen molar-refractivity contribution in [3.8, 4) is 11.3 Å². The number of rotatable bonds is 1. The van der Waals surface area contributed by atoms with Crippen LogP contribution in [0.3, 0.4) is 0 Å². The minimum Gasteiger partial charge on any atom is -0.255 e. The summed E-state index contributed by atoms with van der Waals surface area (Å²) >= 11 is 11.4. The predicted molar refractivity (Wildman–Crippen MR) is 52.0 cm³/mol. The van der Waals surface area contributed by atoms with Crippen LogP contribution in [0.2, 0.25) is 10.4 Å². The summed E-state index contributed by atoms with van der Waals surface area (Å²) in [6.07, 6.45) is 3.24. The van der Waals surface area contributed by atoms with E-state index in [1.54, 1.807) is 17.9 Å². The van der Waals surface area contributed by atoms with Crippen LogP contribution < -0.4 is 0 Å². The molecular formula is C7H5Cl2N5. The molecule has 2 aromatic rings. The second kappa shape index (κ2) is 3.51. The number of aromatic nitrogens is 5. The zero-order chi connectivity index (χ0) is 10.1. The Labute approximate surface area is 89.7 Å². The fourth-order valence-electron chi connectivity index (χ4n) is 0.984. The first-order valence-electron chi connectivity index (χ1n) is 3.71. The second-order valence-corrected chi connectivity index (χ2v) is 3.32. The van der Waals surface area contributed by atoms with Crippen LogP contribution in [0, 0.1) is 0 Å². The van der Waals surface area contributed by atoms with Crippen LogP contribution in [0.4, 0.5) is 0 Å². The zero-order valence-electron chi connectivity index (χ0n) is 7.15. The molecule has 0 aliphatic rings. The zero-order valence-corrected chi connectivity index (χ0v) is 8.66. The highest BCUT2D eigenvalue weighted by Crippen LogP contribution is 2.23. The van der Waals surface area contributed by atoms with Crippen LogP contribution in [0.25, 0.3) is 11.3 Å². The first kappa shape index (κ1) is 9.36. The van der Waals surface area contributed by atoms with Gasteiger partial charge in [0.05, 0.1) is 11.8 Å². The van der Waals surface area contributed by atoms with Crippen molar-refractivity contribution in [2.45, 2.75) is 0 Å². The van der Waals surface area contributed by atoms with E-state index in [1.807, 2.05) is 0 Å². The molecule has 0 aliphatic heterocycles. The molecule has 2 rings (SSSR count). The van der Waals surface area contributed by atoms with Crippen molar-refractivity contribution in [1.29, 1.82) is 0 Å². The maximum atomic E-state index is 5.86. The van der Waals surface area contributed by atoms with Gasteiger partial charge in [0.25, 0.3) is 0 Å². The van der Waals surface area contributed by atoms with Crippen molar-refractivity contribution >= 4 is 23.2 Å². The molecule has 72 valence electrons. The SMILES string of the molecule is Cn1cc(-c2cnc(Cl)nc2Cl)nn1. The quantitative estimate of drug-likeness (QED) is 0.551. The maximum Gasteiger partial charge on any atom is 0.223 e. The van der Waals surface area contributed by atoms with Gasteiger partial charge >= 0.3 is 0 Å². The Balaban J connectivity index is 2.52. The minimum atomic E-state index is 0.114. The molecule has 0 radical (unpaired) electrons. The molecule has 14 heavy (non-hydrogen) atoms. The first-order valence-corrected chi connectivity index (χ1v) is 4.47. The van der Waals surface area contributed by atoms with Crippen LogP contribution in [-0.4, -0.2) is 25.0 Å². The lowest BCUT2D eigenvalue weighted by Gasteiger charge is -1.97. The Morgan fingerprint density at radius 2 is 2.14 bits per heavy atom. The van der Waals surface area contributed by atoms with Crippen molar-refractivity contribution in [2.24, 2.45) is 7.05 Å². The smallest absolute Gasteiger partial charge is 0.223 e. The van der Waals surface area contributed by atoms with Gasteiger partial charge < -0.3 is 0 Å². The highest BCUT2D eigenvalue weighted by Gasteiger charge is 2.09. The van der Waals surface area contributed by atoms with E-state index in [-0.39, 0.29) is 10.4 Å². The molecule has 0 atom stereocenters. The average Bonchev–Trinajstić information content (AvgIpc) is 2.51. The van der Waals surface area contributed by atoms with Crippen molar-refractivity contribution in [1.82, 2.24) is 25.0 Å². The van der Waals surface area contributed by atoms with E-state index in [2.05, 4.69) is 20.3 Å². The van der Waals surface area contributed by atoms with Crippen LogP contribution in [0.5, 0.6) is 0 Å². The fraction of sp³-hybridized carbons (Fsp3) is 0.143. The molecular weight excluding hydrogens is 225 g/mol. The third kappa shape index (κ3) is 1.69. The summed E-state index contributed by atoms with van der Waals surface area (Å²) in [4.78, 5) is 7.62. The molecule has 5 nitrogen and oxygen atoms in total. The number of halogens is 2. The van der Waals surface area contributed by atoms with Gasteiger partial charge in [-0.1, -0.05) is 16.8 Å². The normalized spacial score (nSPS) is 10.5. The monoisotopic (exact) mass is 229 g/mol. The van der Waals surface area contributed by atoms with E-state index in [0.29, 0.717) is 11.3 Å². The maximum absolute atomic E-state index is 5.86. The van der Waals surface area contributed by atoms with Crippen molar-refractivity contribution in [3.05, 3.63) is 22.8 Å². The summed E-state index contributed by atoms with van der Waals surface area (Å²) in [5.74, 6) is 0. The summed E-state index contributed by atoms with van der Waals surface area (Å²) in [7, 11) is 1.77. The lowest BCUT2D eigenvalue weighted by molar-refractivity contribution is 0.715. The summed E-state index contributed by atoms with van der Waals surface area (Å²) in [5, 5.41) is 8.04. The lowest BCUT2D eigenvalue weighted by atomic mass is 10.3. The van der Waals surface area contributed by atoms with Crippen molar-refractivity contribution in [3.63, 3.8) is 0 Å². The molecule has 2 heterocycles. The topological polar surface area (TPSA) is 56.5 Å². The van der Waals surface area contributed by atoms with Gasteiger partial charge in [0.2, 0.25) is 5.28 Å². The average molecular weight is 230 g/mol. The Morgan fingerprint density at radius 1 is 1.36 bits per heavy atom. The fourth-order valence-corrected chi connectivity index (χ4v) is 1.39. The van der Waals surface area contributed by atoms with Crippen LogP contribution in [-0.2, 0) is 7.05 Å². The van der Waals surface area contributed by atoms with E-state index in [9.17, 15) is 0 Å². The largest absolute Gasteiger partial charge is 0.255 e. The molecule has 0 bridgehead atoms. The van der Waals surface area contributed by atoms with E-state index in [4.69, 9.17) is 23.2 Å². The van der Waals surface area contributed by atoms with E-state index in [0.717, 1.165) is 0 Å². The molecule has 7 heteroatoms. The van der Waals surface area contributed by atoms with Gasteiger partial charge in [-0.15, -0.1) is 5.10 Å². The van der Waals surface area contributed by atoms with Gasteiger partial charge in [-0.3, -0.25) is 4.68 Å². The van der Waals surface area contributed by atoms with Gasteiger partial charge in [-0.2, -0.15) is 0 Å². The van der Waals surface area contributed by atoms with Gasteiger partial charge in [0.15, 0.2) is 0 Å². The summed E-state index contributed by atoms with van der Waals surface area (Å²) in [6.45, 7) is 0. The van der Waals surface area contributed by atoms with Crippen molar-refractivity contribution < 1.29 is 0 Å². The van der Waals surface area contributed by atoms with E-state index >= 15 is 0 Å². The Morgan fingerprint density at radius 3 is 2.71 bits per heavy atom. The van der Waals surface area contributed by atoms with Gasteiger partial charge in [0.1, 0.15) is 10.8 Å². The molecule has 0 aromatic carbocycles. The first-order chi connectivity index (χ1) is 6.66. The van der Waals surface area contributed by atoms with Crippen molar-refractivity contribution in [2.75, 3.05) is 0 Å². The molecule has 0 spiro atoms. The number of nitrogens with zero attached hydrogens (tertiary/aromatic N) is 5. The second-order valence-electron chi connectivity index (χ2n) is 2.62. The van der Waals surface area contributed by atoms with E-state index in [1.165, 1.54) is 6.20 Å². The summed E-state index contributed by atoms with van der Waals surface area (Å²) in [6, 6.07) is 0. The lowest BCUT2D eigenvalue weighted by Crippen LogP contribution is -1.87. The molecule has 0 unspecified atom stereocenters. The van der Waals surface area contributed by atoms with Crippen LogP contribution in [0.15, 0.2) is 12.4 Å². The molecule has 2 aromatic heterocycles. The third-order valence-corrected chi connectivity index (χ3v) is 2.06. The molecule has 0 N–H and O–H groups in total. The highest BCUT2D eigenvalue weighted by atomic mass is 35.5. The molecule has 0 amide bonds. The standard InChI is InChI=1S/C7H5Cl2N5/c1-14-3-5(12-13-14)4-2-10-7(9)11-6(4)8/h2-3H,1H3. The summed E-state index contributed by atoms with van der Waals surface area (Å²) < 4.78 is 1.57. The van der Waals surface area contributed by atoms with Crippen LogP contribution in [0.1, 0.15) is 0 Å². The number of hydrogen-bond acceptors (Lipinski definition) is 4. The minimum absolute atomic E-state index is 0.114. The molecule has 0 fully saturated rings. The van der Waals surface area contributed by atoms with Gasteiger partial charge in [-0.25, -0.2) is 9.97 Å². The van der Waals surface area contributed by atoms with Gasteiger partial charge in [-0.05, 0) is 11.6 Å². The Bertz CT molecular complexity index is 467. The highest BCUT2D eigenvalue weighted by molar-refractivity contribution is 6.33. The van der Waals surface area contributed by atoms with Gasteiger partial charge in [0, 0.05) is 13.2 Å². The number of aryl methyl sites for hydroxylation is 1. The third-order valence-electron chi connectivity index (χ3n) is 1.59. The predicted octanol–water partition coefficient (Wildman–Crippen LogP) is 1.58. The Kier molecular flexibility index (Phi) is 2.35. The Hall–Kier alpha value is -1.20.